The van der Waals surface area contributed by atoms with Crippen LogP contribution in [0.25, 0.3) is 11.1 Å². The molecule has 0 amide bonds. The summed E-state index contributed by atoms with van der Waals surface area (Å²) in [7, 11) is 1.74. The Labute approximate surface area is 171 Å². The van der Waals surface area contributed by atoms with Crippen molar-refractivity contribution in [3.8, 4) is 11.1 Å². The Morgan fingerprint density at radius 2 is 1.43 bits per heavy atom. The minimum absolute atomic E-state index is 0.677. The molecule has 3 rings (SSSR count). The van der Waals surface area contributed by atoms with Crippen LogP contribution < -0.4 is 0 Å². The number of unbranched alkanes of at least 4 members (excludes halogenated alkanes) is 1. The van der Waals surface area contributed by atoms with Gasteiger partial charge in [0.05, 0.1) is 6.61 Å². The van der Waals surface area contributed by atoms with Crippen molar-refractivity contribution in [2.24, 2.45) is 11.8 Å². The third kappa shape index (κ3) is 6.34. The number of aryl methyl sites for hydroxylation is 1. The number of rotatable bonds is 9. The Morgan fingerprint density at radius 1 is 0.821 bits per heavy atom. The second kappa shape index (κ2) is 11.2. The summed E-state index contributed by atoms with van der Waals surface area (Å²) in [5.74, 6) is 1.83. The SMILES string of the molecule is CC=CC1CCC(CCCCc2ccc(-c3ccc(COC)cc3)cc2)CC1. The van der Waals surface area contributed by atoms with E-state index in [0.29, 0.717) is 6.61 Å². The van der Waals surface area contributed by atoms with Crippen molar-refractivity contribution in [2.75, 3.05) is 7.11 Å². The summed E-state index contributed by atoms with van der Waals surface area (Å²) in [6.07, 6.45) is 15.7. The zero-order valence-electron chi connectivity index (χ0n) is 17.7. The summed E-state index contributed by atoms with van der Waals surface area (Å²) >= 11 is 0. The lowest BCUT2D eigenvalue weighted by atomic mass is 9.79. The minimum Gasteiger partial charge on any atom is -0.380 e. The fourth-order valence-electron chi connectivity index (χ4n) is 4.53. The molecule has 0 aliphatic heterocycles. The van der Waals surface area contributed by atoms with Gasteiger partial charge in [0.15, 0.2) is 0 Å². The van der Waals surface area contributed by atoms with Gasteiger partial charge in [-0.15, -0.1) is 0 Å². The van der Waals surface area contributed by atoms with Crippen molar-refractivity contribution >= 4 is 0 Å². The molecule has 0 unspecified atom stereocenters. The van der Waals surface area contributed by atoms with Crippen LogP contribution in [0.5, 0.6) is 0 Å². The smallest absolute Gasteiger partial charge is 0.0713 e. The predicted molar refractivity (Wildman–Crippen MR) is 120 cm³/mol. The highest BCUT2D eigenvalue weighted by Gasteiger charge is 2.18. The fourth-order valence-corrected chi connectivity index (χ4v) is 4.53. The monoisotopic (exact) mass is 376 g/mol. The lowest BCUT2D eigenvalue weighted by Gasteiger charge is -2.26. The second-order valence-electron chi connectivity index (χ2n) is 8.38. The van der Waals surface area contributed by atoms with Gasteiger partial charge in [-0.3, -0.25) is 0 Å². The van der Waals surface area contributed by atoms with Gasteiger partial charge in [0.2, 0.25) is 0 Å². The van der Waals surface area contributed by atoms with Crippen molar-refractivity contribution in [1.82, 2.24) is 0 Å². The van der Waals surface area contributed by atoms with Gasteiger partial charge in [-0.2, -0.15) is 0 Å². The van der Waals surface area contributed by atoms with Crippen molar-refractivity contribution < 1.29 is 4.74 Å². The second-order valence-corrected chi connectivity index (χ2v) is 8.38. The Morgan fingerprint density at radius 3 is 2.00 bits per heavy atom. The quantitative estimate of drug-likeness (QED) is 0.323. The van der Waals surface area contributed by atoms with Crippen molar-refractivity contribution in [1.29, 1.82) is 0 Å². The maximum atomic E-state index is 5.19. The molecule has 2 aromatic carbocycles. The summed E-state index contributed by atoms with van der Waals surface area (Å²) in [5, 5.41) is 0. The lowest BCUT2D eigenvalue weighted by molar-refractivity contribution is 0.185. The highest BCUT2D eigenvalue weighted by Crippen LogP contribution is 2.32. The number of hydrogen-bond acceptors (Lipinski definition) is 1. The molecule has 150 valence electrons. The van der Waals surface area contributed by atoms with E-state index in [-0.39, 0.29) is 0 Å². The van der Waals surface area contributed by atoms with E-state index in [4.69, 9.17) is 4.74 Å². The molecular weight excluding hydrogens is 340 g/mol. The largest absolute Gasteiger partial charge is 0.380 e. The molecule has 1 nitrogen and oxygen atoms in total. The molecule has 0 N–H and O–H groups in total. The van der Waals surface area contributed by atoms with Crippen LogP contribution in [-0.2, 0) is 17.8 Å². The first-order valence-corrected chi connectivity index (χ1v) is 11.1. The molecular formula is C27H36O. The number of allylic oxidation sites excluding steroid dienone is 2. The van der Waals surface area contributed by atoms with E-state index < -0.39 is 0 Å². The van der Waals surface area contributed by atoms with Crippen LogP contribution in [0.4, 0.5) is 0 Å². The molecule has 0 spiro atoms. The first-order chi connectivity index (χ1) is 13.8. The normalized spacial score (nSPS) is 19.9. The van der Waals surface area contributed by atoms with Gasteiger partial charge in [0, 0.05) is 7.11 Å². The summed E-state index contributed by atoms with van der Waals surface area (Å²) in [6.45, 7) is 2.83. The topological polar surface area (TPSA) is 9.23 Å². The minimum atomic E-state index is 0.677. The molecule has 0 aromatic heterocycles. The van der Waals surface area contributed by atoms with Crippen LogP contribution >= 0.6 is 0 Å². The van der Waals surface area contributed by atoms with E-state index in [9.17, 15) is 0 Å². The fraction of sp³-hybridized carbons (Fsp3) is 0.481. The average molecular weight is 377 g/mol. The predicted octanol–water partition coefficient (Wildman–Crippen LogP) is 7.60. The molecule has 0 saturated heterocycles. The molecule has 28 heavy (non-hydrogen) atoms. The zero-order valence-corrected chi connectivity index (χ0v) is 17.7. The van der Waals surface area contributed by atoms with Crippen LogP contribution in [0.3, 0.4) is 0 Å². The van der Waals surface area contributed by atoms with Gasteiger partial charge in [-0.05, 0) is 79.5 Å². The molecule has 1 aliphatic carbocycles. The third-order valence-corrected chi connectivity index (χ3v) is 6.24. The molecule has 0 bridgehead atoms. The molecule has 0 radical (unpaired) electrons. The third-order valence-electron chi connectivity index (χ3n) is 6.24. The molecule has 1 fully saturated rings. The highest BCUT2D eigenvalue weighted by atomic mass is 16.5. The number of methoxy groups -OCH3 is 1. The average Bonchev–Trinajstić information content (AvgIpc) is 2.74. The zero-order chi connectivity index (χ0) is 19.6. The molecule has 1 heteroatoms. The van der Waals surface area contributed by atoms with E-state index in [2.05, 4.69) is 67.6 Å². The van der Waals surface area contributed by atoms with Gasteiger partial charge in [0.25, 0.3) is 0 Å². The first-order valence-electron chi connectivity index (χ1n) is 11.1. The van der Waals surface area contributed by atoms with E-state index in [1.807, 2.05) is 0 Å². The van der Waals surface area contributed by atoms with E-state index in [0.717, 1.165) is 11.8 Å². The van der Waals surface area contributed by atoms with E-state index in [1.54, 1.807) is 7.11 Å². The number of benzene rings is 2. The molecule has 1 saturated carbocycles. The van der Waals surface area contributed by atoms with Gasteiger partial charge in [-0.25, -0.2) is 0 Å². The standard InChI is InChI=1S/C27H36O/c1-3-6-22-9-11-23(12-10-22)7-4-5-8-24-13-17-26(18-14-24)27-19-15-25(16-20-27)21-28-2/h3,6,13-20,22-23H,4-5,7-12,21H2,1-2H3. The first kappa shape index (κ1) is 20.9. The van der Waals surface area contributed by atoms with Crippen LogP contribution in [-0.4, -0.2) is 7.11 Å². The summed E-state index contributed by atoms with van der Waals surface area (Å²) in [6, 6.07) is 17.8. The Kier molecular flexibility index (Phi) is 8.36. The molecule has 1 aliphatic rings. The van der Waals surface area contributed by atoms with Crippen LogP contribution in [0, 0.1) is 11.8 Å². The summed E-state index contributed by atoms with van der Waals surface area (Å²) in [4.78, 5) is 0. The Hall–Kier alpha value is -1.86. The maximum Gasteiger partial charge on any atom is 0.0713 e. The summed E-state index contributed by atoms with van der Waals surface area (Å²) < 4.78 is 5.19. The van der Waals surface area contributed by atoms with Gasteiger partial charge < -0.3 is 4.74 Å². The van der Waals surface area contributed by atoms with Gasteiger partial charge >= 0.3 is 0 Å². The summed E-state index contributed by atoms with van der Waals surface area (Å²) in [5.41, 5.74) is 5.26. The molecule has 0 atom stereocenters. The van der Waals surface area contributed by atoms with E-state index in [1.165, 1.54) is 73.6 Å². The highest BCUT2D eigenvalue weighted by molar-refractivity contribution is 5.63. The molecule has 2 aromatic rings. The van der Waals surface area contributed by atoms with Crippen molar-refractivity contribution in [3.63, 3.8) is 0 Å². The lowest BCUT2D eigenvalue weighted by Crippen LogP contribution is -2.13. The van der Waals surface area contributed by atoms with Gasteiger partial charge in [0.1, 0.15) is 0 Å². The number of hydrogen-bond donors (Lipinski definition) is 0. The van der Waals surface area contributed by atoms with Crippen molar-refractivity contribution in [2.45, 2.75) is 64.9 Å². The van der Waals surface area contributed by atoms with Crippen molar-refractivity contribution in [3.05, 3.63) is 71.8 Å². The maximum absolute atomic E-state index is 5.19. The Balaban J connectivity index is 1.39. The van der Waals surface area contributed by atoms with Crippen LogP contribution in [0.2, 0.25) is 0 Å². The van der Waals surface area contributed by atoms with Crippen LogP contribution in [0.15, 0.2) is 60.7 Å². The van der Waals surface area contributed by atoms with E-state index >= 15 is 0 Å². The number of ether oxygens (including phenoxy) is 1. The van der Waals surface area contributed by atoms with Crippen LogP contribution in [0.1, 0.15) is 63.0 Å². The Bertz CT molecular complexity index is 703. The molecule has 0 heterocycles. The van der Waals surface area contributed by atoms with Gasteiger partial charge in [-0.1, -0.05) is 73.5 Å².